The molecule has 0 saturated heterocycles. The Balaban J connectivity index is 2.12. The third kappa shape index (κ3) is 3.28. The van der Waals surface area contributed by atoms with Crippen molar-refractivity contribution in [3.05, 3.63) is 51.8 Å². The number of aromatic hydroxyl groups is 1. The van der Waals surface area contributed by atoms with Crippen LogP contribution in [0.3, 0.4) is 0 Å². The lowest BCUT2D eigenvalue weighted by Crippen LogP contribution is -2.00. The Labute approximate surface area is 120 Å². The molecule has 4 nitrogen and oxygen atoms in total. The zero-order chi connectivity index (χ0) is 13.8. The molecular weight excluding hydrogens is 285 g/mol. The maximum Gasteiger partial charge on any atom is 0.140 e. The van der Waals surface area contributed by atoms with Gasteiger partial charge in [0.2, 0.25) is 0 Å². The number of hydrogen-bond donors (Lipinski definition) is 2. The Morgan fingerprint density at radius 1 is 1.32 bits per heavy atom. The summed E-state index contributed by atoms with van der Waals surface area (Å²) in [5.41, 5.74) is 1.66. The van der Waals surface area contributed by atoms with Crippen LogP contribution in [0, 0.1) is 11.3 Å². The molecule has 6 heteroatoms. The van der Waals surface area contributed by atoms with E-state index < -0.39 is 0 Å². The van der Waals surface area contributed by atoms with E-state index in [2.05, 4.69) is 10.3 Å². The van der Waals surface area contributed by atoms with Gasteiger partial charge in [0.15, 0.2) is 0 Å². The average molecular weight is 294 g/mol. The van der Waals surface area contributed by atoms with Crippen LogP contribution in [0.5, 0.6) is 5.75 Å². The number of anilines is 1. The van der Waals surface area contributed by atoms with Crippen LogP contribution in [0.25, 0.3) is 0 Å². The van der Waals surface area contributed by atoms with Gasteiger partial charge < -0.3 is 10.4 Å². The standard InChI is InChI=1S/C13H9Cl2N3O/c14-9-3-8(13(19)12(15)4-9)6-17-11-2-1-10(5-16)18-7-11/h1-4,7,17,19H,6H2. The van der Waals surface area contributed by atoms with Gasteiger partial charge in [-0.1, -0.05) is 23.2 Å². The number of nitrogens with zero attached hydrogens (tertiary/aromatic N) is 2. The number of rotatable bonds is 3. The second kappa shape index (κ2) is 5.79. The Morgan fingerprint density at radius 2 is 2.11 bits per heavy atom. The van der Waals surface area contributed by atoms with Crippen LogP contribution >= 0.6 is 23.2 Å². The van der Waals surface area contributed by atoms with Crippen molar-refractivity contribution in [1.29, 1.82) is 5.26 Å². The Hall–Kier alpha value is -1.96. The van der Waals surface area contributed by atoms with E-state index in [1.807, 2.05) is 6.07 Å². The molecule has 1 aromatic heterocycles. The van der Waals surface area contributed by atoms with E-state index in [0.29, 0.717) is 22.8 Å². The summed E-state index contributed by atoms with van der Waals surface area (Å²) in [7, 11) is 0. The molecular formula is C13H9Cl2N3O. The summed E-state index contributed by atoms with van der Waals surface area (Å²) < 4.78 is 0. The van der Waals surface area contributed by atoms with E-state index in [1.165, 1.54) is 6.07 Å². The van der Waals surface area contributed by atoms with Gasteiger partial charge in [0.1, 0.15) is 17.5 Å². The molecule has 0 radical (unpaired) electrons. The molecule has 0 aliphatic heterocycles. The smallest absolute Gasteiger partial charge is 0.140 e. The molecule has 0 fully saturated rings. The number of halogens is 2. The highest BCUT2D eigenvalue weighted by Crippen LogP contribution is 2.31. The summed E-state index contributed by atoms with van der Waals surface area (Å²) in [6.45, 7) is 0.347. The van der Waals surface area contributed by atoms with Crippen LogP contribution in [0.4, 0.5) is 5.69 Å². The average Bonchev–Trinajstić information content (AvgIpc) is 2.41. The summed E-state index contributed by atoms with van der Waals surface area (Å²) in [6.07, 6.45) is 1.54. The number of nitriles is 1. The summed E-state index contributed by atoms with van der Waals surface area (Å²) in [5.74, 6) is 0.000158. The topological polar surface area (TPSA) is 68.9 Å². The van der Waals surface area contributed by atoms with Gasteiger partial charge in [0.25, 0.3) is 0 Å². The molecule has 1 heterocycles. The van der Waals surface area contributed by atoms with Crippen molar-refractivity contribution < 1.29 is 5.11 Å². The number of aromatic nitrogens is 1. The number of nitrogens with one attached hydrogen (secondary N) is 1. The van der Waals surface area contributed by atoms with Crippen molar-refractivity contribution in [2.45, 2.75) is 6.54 Å². The predicted molar refractivity (Wildman–Crippen MR) is 74.4 cm³/mol. The molecule has 2 rings (SSSR count). The number of phenols is 1. The second-order valence-electron chi connectivity index (χ2n) is 3.79. The van der Waals surface area contributed by atoms with Gasteiger partial charge in [0.05, 0.1) is 16.9 Å². The quantitative estimate of drug-likeness (QED) is 0.907. The highest BCUT2D eigenvalue weighted by Gasteiger charge is 2.07. The first kappa shape index (κ1) is 13.5. The zero-order valence-corrected chi connectivity index (χ0v) is 11.2. The minimum absolute atomic E-state index is 0.000158. The molecule has 96 valence electrons. The fourth-order valence-electron chi connectivity index (χ4n) is 1.52. The molecule has 19 heavy (non-hydrogen) atoms. The molecule has 2 N–H and O–H groups in total. The van der Waals surface area contributed by atoms with Crippen molar-refractivity contribution >= 4 is 28.9 Å². The molecule has 0 amide bonds. The number of benzene rings is 1. The lowest BCUT2D eigenvalue weighted by atomic mass is 10.2. The van der Waals surface area contributed by atoms with E-state index >= 15 is 0 Å². The van der Waals surface area contributed by atoms with E-state index in [1.54, 1.807) is 24.4 Å². The summed E-state index contributed by atoms with van der Waals surface area (Å²) in [6, 6.07) is 8.38. The van der Waals surface area contributed by atoms with E-state index in [9.17, 15) is 5.11 Å². The SMILES string of the molecule is N#Cc1ccc(NCc2cc(Cl)cc(Cl)c2O)cn1. The van der Waals surface area contributed by atoms with Crippen molar-refractivity contribution in [3.8, 4) is 11.8 Å². The lowest BCUT2D eigenvalue weighted by Gasteiger charge is -2.09. The fraction of sp³-hybridized carbons (Fsp3) is 0.0769. The minimum Gasteiger partial charge on any atom is -0.506 e. The van der Waals surface area contributed by atoms with Crippen molar-refractivity contribution in [3.63, 3.8) is 0 Å². The van der Waals surface area contributed by atoms with Crippen molar-refractivity contribution in [1.82, 2.24) is 4.98 Å². The maximum atomic E-state index is 9.79. The first-order chi connectivity index (χ1) is 9.10. The fourth-order valence-corrected chi connectivity index (χ4v) is 2.05. The second-order valence-corrected chi connectivity index (χ2v) is 4.64. The molecule has 1 aromatic carbocycles. The van der Waals surface area contributed by atoms with Crippen LogP contribution in [-0.4, -0.2) is 10.1 Å². The van der Waals surface area contributed by atoms with Crippen LogP contribution in [0.1, 0.15) is 11.3 Å². The number of pyridine rings is 1. The minimum atomic E-state index is 0.000158. The molecule has 0 spiro atoms. The van der Waals surface area contributed by atoms with Gasteiger partial charge in [0, 0.05) is 17.1 Å². The van der Waals surface area contributed by atoms with E-state index in [-0.39, 0.29) is 10.8 Å². The highest BCUT2D eigenvalue weighted by atomic mass is 35.5. The summed E-state index contributed by atoms with van der Waals surface area (Å²) in [4.78, 5) is 3.93. The number of phenolic OH excluding ortho intramolecular Hbond substituents is 1. The molecule has 0 atom stereocenters. The van der Waals surface area contributed by atoms with Crippen LogP contribution in [0.2, 0.25) is 10.0 Å². The molecule has 0 aliphatic rings. The molecule has 0 bridgehead atoms. The normalized spacial score (nSPS) is 9.95. The van der Waals surface area contributed by atoms with Gasteiger partial charge in [-0.15, -0.1) is 0 Å². The third-order valence-electron chi connectivity index (χ3n) is 2.47. The highest BCUT2D eigenvalue weighted by molar-refractivity contribution is 6.35. The van der Waals surface area contributed by atoms with Crippen molar-refractivity contribution in [2.75, 3.05) is 5.32 Å². The maximum absolute atomic E-state index is 9.79. The molecule has 0 aliphatic carbocycles. The van der Waals surface area contributed by atoms with Gasteiger partial charge >= 0.3 is 0 Å². The van der Waals surface area contributed by atoms with Crippen molar-refractivity contribution in [2.24, 2.45) is 0 Å². The molecule has 0 saturated carbocycles. The Bertz CT molecular complexity index is 636. The monoisotopic (exact) mass is 293 g/mol. The van der Waals surface area contributed by atoms with Crippen LogP contribution in [-0.2, 0) is 6.54 Å². The largest absolute Gasteiger partial charge is 0.506 e. The van der Waals surface area contributed by atoms with Gasteiger partial charge in [-0.05, 0) is 24.3 Å². The Morgan fingerprint density at radius 3 is 2.74 bits per heavy atom. The first-order valence-corrected chi connectivity index (χ1v) is 6.12. The summed E-state index contributed by atoms with van der Waals surface area (Å²) in [5, 5.41) is 22.2. The third-order valence-corrected chi connectivity index (χ3v) is 2.97. The van der Waals surface area contributed by atoms with Gasteiger partial charge in [-0.25, -0.2) is 4.98 Å². The molecule has 0 unspecified atom stereocenters. The molecule has 2 aromatic rings. The summed E-state index contributed by atoms with van der Waals surface area (Å²) >= 11 is 11.7. The zero-order valence-electron chi connectivity index (χ0n) is 9.69. The first-order valence-electron chi connectivity index (χ1n) is 5.37. The van der Waals surface area contributed by atoms with E-state index in [4.69, 9.17) is 28.5 Å². The van der Waals surface area contributed by atoms with Crippen LogP contribution in [0.15, 0.2) is 30.5 Å². The lowest BCUT2D eigenvalue weighted by molar-refractivity contribution is 0.469. The number of hydrogen-bond acceptors (Lipinski definition) is 4. The van der Waals surface area contributed by atoms with E-state index in [0.717, 1.165) is 5.69 Å². The van der Waals surface area contributed by atoms with Gasteiger partial charge in [-0.2, -0.15) is 5.26 Å². The predicted octanol–water partition coefficient (Wildman–Crippen LogP) is 3.58. The van der Waals surface area contributed by atoms with Crippen LogP contribution < -0.4 is 5.32 Å². The Kier molecular flexibility index (Phi) is 4.10. The van der Waals surface area contributed by atoms with Gasteiger partial charge in [-0.3, -0.25) is 0 Å².